The number of hydrogen-bond acceptors (Lipinski definition) is 3. The monoisotopic (exact) mass is 347 g/mol. The second kappa shape index (κ2) is 7.26. The Balaban J connectivity index is 2.26. The van der Waals surface area contributed by atoms with Crippen LogP contribution in [-0.4, -0.2) is 19.1 Å². The molecular formula is C12H14INO3. The summed E-state index contributed by atoms with van der Waals surface area (Å²) < 4.78 is 5.52. The first kappa shape index (κ1) is 14.0. The van der Waals surface area contributed by atoms with Crippen molar-refractivity contribution in [1.29, 1.82) is 0 Å². The van der Waals surface area contributed by atoms with Crippen LogP contribution >= 0.6 is 22.6 Å². The van der Waals surface area contributed by atoms with Crippen molar-refractivity contribution in [2.45, 2.75) is 19.3 Å². The summed E-state index contributed by atoms with van der Waals surface area (Å²) in [6, 6.07) is 8.15. The summed E-state index contributed by atoms with van der Waals surface area (Å²) in [7, 11) is 1.23. The van der Waals surface area contributed by atoms with Gasteiger partial charge in [-0.15, -0.1) is 0 Å². The van der Waals surface area contributed by atoms with E-state index in [4.69, 9.17) is 0 Å². The number of carbonyl (C=O) groups excluding carboxylic acids is 2. The number of alkyl carbamates (subject to hydrolysis) is 1. The van der Waals surface area contributed by atoms with Gasteiger partial charge in [0.2, 0.25) is 5.91 Å². The maximum Gasteiger partial charge on any atom is 0.413 e. The number of aryl methyl sites for hydroxylation is 1. The van der Waals surface area contributed by atoms with Crippen LogP contribution in [0.3, 0.4) is 0 Å². The highest BCUT2D eigenvalue weighted by atomic mass is 127. The normalized spacial score (nSPS) is 9.76. The Bertz CT molecular complexity index is 389. The minimum absolute atomic E-state index is 0.303. The highest BCUT2D eigenvalue weighted by molar-refractivity contribution is 14.1. The van der Waals surface area contributed by atoms with Crippen molar-refractivity contribution in [2.24, 2.45) is 0 Å². The van der Waals surface area contributed by atoms with E-state index in [-0.39, 0.29) is 5.91 Å². The smallest absolute Gasteiger partial charge is 0.413 e. The Morgan fingerprint density at radius 1 is 1.29 bits per heavy atom. The quantitative estimate of drug-likeness (QED) is 0.852. The van der Waals surface area contributed by atoms with E-state index in [1.165, 1.54) is 16.2 Å². The maximum atomic E-state index is 11.2. The van der Waals surface area contributed by atoms with Gasteiger partial charge in [0.1, 0.15) is 0 Å². The molecule has 0 unspecified atom stereocenters. The molecule has 5 heteroatoms. The van der Waals surface area contributed by atoms with E-state index in [1.54, 1.807) is 0 Å². The van der Waals surface area contributed by atoms with Crippen molar-refractivity contribution in [3.8, 4) is 0 Å². The van der Waals surface area contributed by atoms with Gasteiger partial charge in [-0.05, 0) is 53.1 Å². The van der Waals surface area contributed by atoms with Gasteiger partial charge in [-0.1, -0.05) is 12.1 Å². The van der Waals surface area contributed by atoms with Crippen molar-refractivity contribution in [2.75, 3.05) is 7.11 Å². The van der Waals surface area contributed by atoms with Gasteiger partial charge in [0.05, 0.1) is 7.11 Å². The fourth-order valence-electron chi connectivity index (χ4n) is 1.33. The van der Waals surface area contributed by atoms with Crippen LogP contribution in [0, 0.1) is 3.57 Å². The summed E-state index contributed by atoms with van der Waals surface area (Å²) >= 11 is 2.25. The number of carbonyl (C=O) groups is 2. The second-order valence-corrected chi connectivity index (χ2v) is 4.77. The number of imide groups is 1. The van der Waals surface area contributed by atoms with Crippen molar-refractivity contribution in [3.05, 3.63) is 33.4 Å². The molecule has 4 nitrogen and oxygen atoms in total. The number of amides is 2. The first-order valence-corrected chi connectivity index (χ1v) is 6.32. The summed E-state index contributed by atoms with van der Waals surface area (Å²) in [5, 5.41) is 2.12. The Morgan fingerprint density at radius 3 is 2.53 bits per heavy atom. The molecular weight excluding hydrogens is 333 g/mol. The van der Waals surface area contributed by atoms with Gasteiger partial charge in [-0.3, -0.25) is 10.1 Å². The van der Waals surface area contributed by atoms with Crippen LogP contribution in [0.25, 0.3) is 0 Å². The second-order valence-electron chi connectivity index (χ2n) is 3.52. The molecule has 1 aromatic carbocycles. The van der Waals surface area contributed by atoms with Crippen molar-refractivity contribution >= 4 is 34.6 Å². The number of ether oxygens (including phenoxy) is 1. The molecule has 2 amide bonds. The predicted molar refractivity (Wildman–Crippen MR) is 72.6 cm³/mol. The summed E-state index contributed by atoms with van der Waals surface area (Å²) in [5.74, 6) is -0.303. The van der Waals surface area contributed by atoms with Gasteiger partial charge < -0.3 is 4.74 Å². The molecule has 0 saturated heterocycles. The molecule has 0 aliphatic rings. The number of methoxy groups -OCH3 is 1. The molecule has 0 fully saturated rings. The van der Waals surface area contributed by atoms with Crippen LogP contribution in [0.5, 0.6) is 0 Å². The van der Waals surface area contributed by atoms with E-state index in [0.29, 0.717) is 12.8 Å². The molecule has 0 aliphatic carbocycles. The predicted octanol–water partition coefficient (Wildman–Crippen LogP) is 2.50. The van der Waals surface area contributed by atoms with Gasteiger partial charge >= 0.3 is 6.09 Å². The lowest BCUT2D eigenvalue weighted by molar-refractivity contribution is -0.120. The van der Waals surface area contributed by atoms with Gasteiger partial charge in [0.25, 0.3) is 0 Å². The lowest BCUT2D eigenvalue weighted by Gasteiger charge is -2.03. The molecule has 0 radical (unpaired) electrons. The maximum absolute atomic E-state index is 11.2. The van der Waals surface area contributed by atoms with E-state index in [1.807, 2.05) is 24.3 Å². The summed E-state index contributed by atoms with van der Waals surface area (Å²) in [6.07, 6.45) is 1.15. The van der Waals surface area contributed by atoms with Gasteiger partial charge in [-0.2, -0.15) is 0 Å². The van der Waals surface area contributed by atoms with Crippen LogP contribution in [0.4, 0.5) is 4.79 Å². The third-order valence-corrected chi connectivity index (χ3v) is 2.93. The first-order valence-electron chi connectivity index (χ1n) is 5.24. The molecule has 1 aromatic rings. The topological polar surface area (TPSA) is 55.4 Å². The number of hydrogen-bond donors (Lipinski definition) is 1. The number of rotatable bonds is 4. The Morgan fingerprint density at radius 2 is 1.94 bits per heavy atom. The van der Waals surface area contributed by atoms with E-state index < -0.39 is 6.09 Å². The number of nitrogens with one attached hydrogen (secondary N) is 1. The van der Waals surface area contributed by atoms with E-state index in [9.17, 15) is 9.59 Å². The summed E-state index contributed by atoms with van der Waals surface area (Å²) in [4.78, 5) is 22.0. The molecule has 17 heavy (non-hydrogen) atoms. The lowest BCUT2D eigenvalue weighted by Crippen LogP contribution is -2.29. The first-order chi connectivity index (χ1) is 8.11. The largest absolute Gasteiger partial charge is 0.453 e. The number of benzene rings is 1. The molecule has 0 bridgehead atoms. The Kier molecular flexibility index (Phi) is 5.96. The molecule has 0 spiro atoms. The molecule has 0 atom stereocenters. The van der Waals surface area contributed by atoms with Gasteiger partial charge in [0, 0.05) is 9.99 Å². The molecule has 1 rings (SSSR count). The van der Waals surface area contributed by atoms with Crippen LogP contribution in [0.15, 0.2) is 24.3 Å². The summed E-state index contributed by atoms with van der Waals surface area (Å²) in [5.41, 5.74) is 1.19. The molecule has 92 valence electrons. The zero-order chi connectivity index (χ0) is 12.7. The lowest BCUT2D eigenvalue weighted by atomic mass is 10.1. The Labute approximate surface area is 114 Å². The van der Waals surface area contributed by atoms with E-state index in [2.05, 4.69) is 32.6 Å². The molecule has 0 heterocycles. The van der Waals surface area contributed by atoms with Crippen LogP contribution in [0.2, 0.25) is 0 Å². The van der Waals surface area contributed by atoms with Gasteiger partial charge in [-0.25, -0.2) is 4.79 Å². The molecule has 1 N–H and O–H groups in total. The fourth-order valence-corrected chi connectivity index (χ4v) is 1.69. The minimum Gasteiger partial charge on any atom is -0.453 e. The Hall–Kier alpha value is -1.11. The summed E-state index contributed by atoms with van der Waals surface area (Å²) in [6.45, 7) is 0. The molecule has 0 aromatic heterocycles. The average molecular weight is 347 g/mol. The van der Waals surface area contributed by atoms with E-state index in [0.717, 1.165) is 6.42 Å². The van der Waals surface area contributed by atoms with E-state index >= 15 is 0 Å². The van der Waals surface area contributed by atoms with Crippen LogP contribution in [-0.2, 0) is 16.0 Å². The molecule has 0 aliphatic heterocycles. The zero-order valence-electron chi connectivity index (χ0n) is 9.53. The highest BCUT2D eigenvalue weighted by Gasteiger charge is 2.06. The number of halogens is 1. The fraction of sp³-hybridized carbons (Fsp3) is 0.333. The standard InChI is InChI=1S/C12H14INO3/c1-17-12(16)14-11(15)4-2-3-9-5-7-10(13)8-6-9/h5-8H,2-4H2,1H3,(H,14,15,16). The minimum atomic E-state index is -0.704. The highest BCUT2D eigenvalue weighted by Crippen LogP contribution is 2.09. The van der Waals surface area contributed by atoms with Crippen molar-refractivity contribution in [3.63, 3.8) is 0 Å². The van der Waals surface area contributed by atoms with Gasteiger partial charge in [0.15, 0.2) is 0 Å². The molecule has 0 saturated carbocycles. The zero-order valence-corrected chi connectivity index (χ0v) is 11.7. The van der Waals surface area contributed by atoms with Crippen LogP contribution < -0.4 is 5.32 Å². The SMILES string of the molecule is COC(=O)NC(=O)CCCc1ccc(I)cc1. The van der Waals surface area contributed by atoms with Crippen molar-refractivity contribution < 1.29 is 14.3 Å². The van der Waals surface area contributed by atoms with Crippen LogP contribution in [0.1, 0.15) is 18.4 Å². The third-order valence-electron chi connectivity index (χ3n) is 2.21. The van der Waals surface area contributed by atoms with Crippen molar-refractivity contribution in [1.82, 2.24) is 5.32 Å². The average Bonchev–Trinajstić information content (AvgIpc) is 2.31. The third kappa shape index (κ3) is 5.67.